The van der Waals surface area contributed by atoms with Crippen LogP contribution in [-0.4, -0.2) is 42.0 Å². The van der Waals surface area contributed by atoms with Crippen molar-refractivity contribution in [2.75, 3.05) is 19.6 Å². The van der Waals surface area contributed by atoms with Crippen molar-refractivity contribution in [2.45, 2.75) is 45.4 Å². The molecule has 0 aromatic heterocycles. The first-order valence-electron chi connectivity index (χ1n) is 7.65. The number of rotatable bonds is 4. The number of carbonyl (C=O) groups is 1. The minimum Gasteiger partial charge on any atom is -0.396 e. The van der Waals surface area contributed by atoms with Gasteiger partial charge in [0.1, 0.15) is 5.70 Å². The Labute approximate surface area is 125 Å². The monoisotopic (exact) mass is 289 g/mol. The molecule has 2 rings (SSSR count). The SMILES string of the molecule is CC(=O)CN=C1CCC/C1=C(/N)C(=C=O)N1CCCCC1. The summed E-state index contributed by atoms with van der Waals surface area (Å²) in [4.78, 5) is 28.8. The van der Waals surface area contributed by atoms with Gasteiger partial charge in [-0.25, -0.2) is 4.79 Å². The first-order chi connectivity index (χ1) is 10.1. The molecule has 0 aromatic carbocycles. The number of hydrogen-bond donors (Lipinski definition) is 1. The van der Waals surface area contributed by atoms with Crippen LogP contribution in [0.25, 0.3) is 0 Å². The third kappa shape index (κ3) is 3.82. The molecule has 114 valence electrons. The largest absolute Gasteiger partial charge is 0.396 e. The quantitative estimate of drug-likeness (QED) is 0.798. The van der Waals surface area contributed by atoms with E-state index in [2.05, 4.69) is 4.99 Å². The predicted molar refractivity (Wildman–Crippen MR) is 82.7 cm³/mol. The third-order valence-corrected chi connectivity index (χ3v) is 4.03. The van der Waals surface area contributed by atoms with Crippen LogP contribution in [0.5, 0.6) is 0 Å². The molecular weight excluding hydrogens is 266 g/mol. The molecule has 0 radical (unpaired) electrons. The second-order valence-electron chi connectivity index (χ2n) is 5.71. The van der Waals surface area contributed by atoms with Crippen LogP contribution in [0.4, 0.5) is 0 Å². The standard InChI is InChI=1S/C16H23N3O2/c1-12(21)10-18-14-7-5-6-13(14)16(17)15(11-20)19-8-3-2-4-9-19/h2-10,17H2,1H3/b16-13-,18-14?. The van der Waals surface area contributed by atoms with E-state index in [0.717, 1.165) is 56.5 Å². The first kappa shape index (κ1) is 15.5. The zero-order valence-electron chi connectivity index (χ0n) is 12.7. The summed E-state index contributed by atoms with van der Waals surface area (Å²) in [5, 5.41) is 0. The molecule has 21 heavy (non-hydrogen) atoms. The lowest BCUT2D eigenvalue weighted by molar-refractivity contribution is -0.115. The van der Waals surface area contributed by atoms with Gasteiger partial charge in [-0.1, -0.05) is 0 Å². The van der Waals surface area contributed by atoms with E-state index in [1.807, 2.05) is 10.8 Å². The number of piperidine rings is 1. The fraction of sp³-hybridized carbons (Fsp3) is 0.625. The van der Waals surface area contributed by atoms with Crippen molar-refractivity contribution < 1.29 is 9.59 Å². The summed E-state index contributed by atoms with van der Waals surface area (Å²) in [6.45, 7) is 3.43. The summed E-state index contributed by atoms with van der Waals surface area (Å²) in [6, 6.07) is 0. The molecule has 0 aromatic rings. The molecule has 1 saturated carbocycles. The van der Waals surface area contributed by atoms with Crippen molar-refractivity contribution >= 4 is 17.4 Å². The molecule has 0 spiro atoms. The second kappa shape index (κ2) is 7.23. The summed E-state index contributed by atoms with van der Waals surface area (Å²) in [5.41, 5.74) is 9.03. The van der Waals surface area contributed by atoms with Gasteiger partial charge in [0.15, 0.2) is 11.7 Å². The van der Waals surface area contributed by atoms with Gasteiger partial charge in [0, 0.05) is 18.8 Å². The number of likely N-dealkylation sites (tertiary alicyclic amines) is 1. The number of allylic oxidation sites excluding steroid dienone is 1. The zero-order valence-corrected chi connectivity index (χ0v) is 12.7. The van der Waals surface area contributed by atoms with Gasteiger partial charge in [-0.3, -0.25) is 9.79 Å². The lowest BCUT2D eigenvalue weighted by atomic mass is 10.1. The highest BCUT2D eigenvalue weighted by molar-refractivity contribution is 6.04. The lowest BCUT2D eigenvalue weighted by Gasteiger charge is -2.29. The molecular formula is C16H23N3O2. The Bertz CT molecular complexity index is 522. The van der Waals surface area contributed by atoms with Crippen LogP contribution >= 0.6 is 0 Å². The van der Waals surface area contributed by atoms with Crippen LogP contribution < -0.4 is 5.73 Å². The number of aliphatic imine (C=N–C) groups is 1. The zero-order chi connectivity index (χ0) is 15.2. The third-order valence-electron chi connectivity index (χ3n) is 4.03. The molecule has 1 aliphatic heterocycles. The van der Waals surface area contributed by atoms with Crippen LogP contribution in [0.15, 0.2) is 22.0 Å². The Morgan fingerprint density at radius 3 is 2.57 bits per heavy atom. The van der Waals surface area contributed by atoms with Crippen LogP contribution in [0.3, 0.4) is 0 Å². The molecule has 2 fully saturated rings. The number of hydrogen-bond acceptors (Lipinski definition) is 5. The molecule has 0 unspecified atom stereocenters. The minimum atomic E-state index is 0.0366. The topological polar surface area (TPSA) is 75.8 Å². The van der Waals surface area contributed by atoms with Crippen LogP contribution in [-0.2, 0) is 9.59 Å². The second-order valence-corrected chi connectivity index (χ2v) is 5.71. The summed E-state index contributed by atoms with van der Waals surface area (Å²) in [7, 11) is 0. The maximum atomic E-state index is 11.4. The van der Waals surface area contributed by atoms with Crippen molar-refractivity contribution in [2.24, 2.45) is 10.7 Å². The fourth-order valence-corrected chi connectivity index (χ4v) is 2.95. The average molecular weight is 289 g/mol. The average Bonchev–Trinajstić information content (AvgIpc) is 2.95. The van der Waals surface area contributed by atoms with Gasteiger partial charge < -0.3 is 10.6 Å². The maximum absolute atomic E-state index is 11.4. The fourth-order valence-electron chi connectivity index (χ4n) is 2.95. The molecule has 2 N–H and O–H groups in total. The molecule has 0 atom stereocenters. The van der Waals surface area contributed by atoms with Crippen molar-refractivity contribution in [1.82, 2.24) is 4.90 Å². The Morgan fingerprint density at radius 1 is 1.24 bits per heavy atom. The molecule has 0 bridgehead atoms. The maximum Gasteiger partial charge on any atom is 0.152 e. The van der Waals surface area contributed by atoms with Gasteiger partial charge >= 0.3 is 0 Å². The number of nitrogens with zero attached hydrogens (tertiary/aromatic N) is 2. The predicted octanol–water partition coefficient (Wildman–Crippen LogP) is 1.61. The highest BCUT2D eigenvalue weighted by Crippen LogP contribution is 2.27. The number of carbonyl (C=O) groups excluding carboxylic acids is 2. The van der Waals surface area contributed by atoms with Gasteiger partial charge in [0.2, 0.25) is 0 Å². The van der Waals surface area contributed by atoms with Crippen molar-refractivity contribution in [3.8, 4) is 0 Å². The van der Waals surface area contributed by atoms with Crippen LogP contribution in [0.1, 0.15) is 45.4 Å². The minimum absolute atomic E-state index is 0.0366. The van der Waals surface area contributed by atoms with E-state index >= 15 is 0 Å². The van der Waals surface area contributed by atoms with Gasteiger partial charge in [-0.2, -0.15) is 0 Å². The van der Waals surface area contributed by atoms with E-state index in [0.29, 0.717) is 11.4 Å². The smallest absolute Gasteiger partial charge is 0.152 e. The summed E-state index contributed by atoms with van der Waals surface area (Å²) in [5.74, 6) is 2.06. The summed E-state index contributed by atoms with van der Waals surface area (Å²) in [6.07, 6.45) is 5.98. The molecule has 0 amide bonds. The summed E-state index contributed by atoms with van der Waals surface area (Å²) >= 11 is 0. The number of Topliss-reactive ketones (excluding diaryl/α,β-unsaturated/α-hetero) is 1. The highest BCUT2D eigenvalue weighted by Gasteiger charge is 2.24. The Balaban J connectivity index is 2.25. The van der Waals surface area contributed by atoms with E-state index < -0.39 is 0 Å². The lowest BCUT2D eigenvalue weighted by Crippen LogP contribution is -2.32. The normalized spacial score (nSPS) is 23.1. The van der Waals surface area contributed by atoms with Crippen molar-refractivity contribution in [3.63, 3.8) is 0 Å². The van der Waals surface area contributed by atoms with E-state index in [1.165, 1.54) is 13.3 Å². The van der Waals surface area contributed by atoms with Crippen LogP contribution in [0, 0.1) is 0 Å². The Hall–Kier alpha value is -1.87. The number of nitrogens with two attached hydrogens (primary N) is 1. The molecule has 1 heterocycles. The van der Waals surface area contributed by atoms with E-state index in [4.69, 9.17) is 5.73 Å². The molecule has 5 heteroatoms. The number of ketones is 1. The highest BCUT2D eigenvalue weighted by atomic mass is 16.1. The van der Waals surface area contributed by atoms with Crippen molar-refractivity contribution in [1.29, 1.82) is 0 Å². The van der Waals surface area contributed by atoms with E-state index in [9.17, 15) is 9.59 Å². The van der Waals surface area contributed by atoms with Gasteiger partial charge in [-0.15, -0.1) is 0 Å². The molecule has 1 aliphatic carbocycles. The molecule has 5 nitrogen and oxygen atoms in total. The van der Waals surface area contributed by atoms with E-state index in [-0.39, 0.29) is 12.3 Å². The van der Waals surface area contributed by atoms with Crippen molar-refractivity contribution in [3.05, 3.63) is 17.0 Å². The summed E-state index contributed by atoms with van der Waals surface area (Å²) < 4.78 is 0. The molecule has 1 saturated heterocycles. The Morgan fingerprint density at radius 2 is 1.95 bits per heavy atom. The van der Waals surface area contributed by atoms with E-state index in [1.54, 1.807) is 0 Å². The van der Waals surface area contributed by atoms with Gasteiger partial charge in [-0.05, 0) is 51.0 Å². The van der Waals surface area contributed by atoms with Gasteiger partial charge in [0.05, 0.1) is 12.2 Å². The van der Waals surface area contributed by atoms with Gasteiger partial charge in [0.25, 0.3) is 0 Å². The van der Waals surface area contributed by atoms with Crippen LogP contribution in [0.2, 0.25) is 0 Å². The Kier molecular flexibility index (Phi) is 5.34. The molecule has 2 aliphatic rings. The first-order valence-corrected chi connectivity index (χ1v) is 7.65.